The molecule has 0 spiro atoms. The molecule has 1 aliphatic rings. The number of ether oxygens (including phenoxy) is 1. The number of H-pyrrole nitrogens is 1. The molecule has 1 fully saturated rings. The average Bonchev–Trinajstić information content (AvgIpc) is 2.89. The predicted octanol–water partition coefficient (Wildman–Crippen LogP) is -0.302. The van der Waals surface area contributed by atoms with E-state index in [1.807, 2.05) is 0 Å². The SMILES string of the molecule is CCOC(=O)c1cn[nH]c1S(=O)(=O)N1CCCC(N)C1. The first-order valence-electron chi connectivity index (χ1n) is 6.43. The number of nitrogens with one attached hydrogen (secondary N) is 1. The van der Waals surface area contributed by atoms with Gasteiger partial charge in [-0.3, -0.25) is 5.10 Å². The van der Waals surface area contributed by atoms with Crippen LogP contribution >= 0.6 is 0 Å². The monoisotopic (exact) mass is 302 g/mol. The number of piperidine rings is 1. The van der Waals surface area contributed by atoms with Crippen molar-refractivity contribution in [2.45, 2.75) is 30.8 Å². The third-order valence-corrected chi connectivity index (χ3v) is 4.96. The van der Waals surface area contributed by atoms with E-state index in [0.717, 1.165) is 12.6 Å². The molecule has 20 heavy (non-hydrogen) atoms. The molecule has 1 saturated heterocycles. The van der Waals surface area contributed by atoms with Gasteiger partial charge in [-0.1, -0.05) is 0 Å². The Hall–Kier alpha value is -1.45. The van der Waals surface area contributed by atoms with Crippen molar-refractivity contribution in [1.29, 1.82) is 0 Å². The lowest BCUT2D eigenvalue weighted by atomic mass is 10.1. The molecule has 0 aromatic carbocycles. The predicted molar refractivity (Wildman–Crippen MR) is 70.5 cm³/mol. The van der Waals surface area contributed by atoms with Crippen molar-refractivity contribution in [2.24, 2.45) is 5.73 Å². The molecule has 2 heterocycles. The number of nitrogens with two attached hydrogens (primary N) is 1. The molecule has 9 heteroatoms. The third kappa shape index (κ3) is 2.84. The summed E-state index contributed by atoms with van der Waals surface area (Å²) in [5.41, 5.74) is 5.72. The summed E-state index contributed by atoms with van der Waals surface area (Å²) >= 11 is 0. The Morgan fingerprint density at radius 3 is 3.05 bits per heavy atom. The van der Waals surface area contributed by atoms with Crippen LogP contribution in [0.25, 0.3) is 0 Å². The van der Waals surface area contributed by atoms with E-state index in [4.69, 9.17) is 10.5 Å². The van der Waals surface area contributed by atoms with Crippen molar-refractivity contribution in [3.8, 4) is 0 Å². The largest absolute Gasteiger partial charge is 0.462 e. The number of carbonyl (C=O) groups excluding carboxylic acids is 1. The van der Waals surface area contributed by atoms with Crippen LogP contribution in [0.4, 0.5) is 0 Å². The minimum Gasteiger partial charge on any atom is -0.462 e. The number of sulfonamides is 1. The zero-order chi connectivity index (χ0) is 14.8. The molecule has 1 aromatic rings. The number of rotatable bonds is 4. The van der Waals surface area contributed by atoms with Gasteiger partial charge in [0.1, 0.15) is 5.56 Å². The molecule has 1 unspecified atom stereocenters. The second-order valence-electron chi connectivity index (χ2n) is 4.60. The molecule has 0 amide bonds. The van der Waals surface area contributed by atoms with Gasteiger partial charge in [-0.2, -0.15) is 9.40 Å². The zero-order valence-electron chi connectivity index (χ0n) is 11.2. The van der Waals surface area contributed by atoms with Gasteiger partial charge >= 0.3 is 5.97 Å². The Kier molecular flexibility index (Phi) is 4.41. The Morgan fingerprint density at radius 2 is 2.40 bits per heavy atom. The minimum atomic E-state index is -3.81. The molecule has 0 aliphatic carbocycles. The molecule has 0 bridgehead atoms. The number of esters is 1. The molecule has 1 aliphatic heterocycles. The second kappa shape index (κ2) is 5.90. The highest BCUT2D eigenvalue weighted by Gasteiger charge is 2.34. The maximum absolute atomic E-state index is 12.5. The van der Waals surface area contributed by atoms with Crippen LogP contribution in [0.5, 0.6) is 0 Å². The highest BCUT2D eigenvalue weighted by molar-refractivity contribution is 7.89. The van der Waals surface area contributed by atoms with Gasteiger partial charge in [-0.15, -0.1) is 0 Å². The molecule has 3 N–H and O–H groups in total. The number of hydrogen-bond donors (Lipinski definition) is 2. The molecule has 1 atom stereocenters. The molecule has 112 valence electrons. The molecule has 0 saturated carbocycles. The van der Waals surface area contributed by atoms with E-state index in [2.05, 4.69) is 10.2 Å². The summed E-state index contributed by atoms with van der Waals surface area (Å²) in [6.45, 7) is 2.44. The van der Waals surface area contributed by atoms with Crippen LogP contribution in [0.3, 0.4) is 0 Å². The van der Waals surface area contributed by atoms with E-state index >= 15 is 0 Å². The van der Waals surface area contributed by atoms with Gasteiger partial charge in [0.25, 0.3) is 10.0 Å². The van der Waals surface area contributed by atoms with Crippen LogP contribution in [0.2, 0.25) is 0 Å². The van der Waals surface area contributed by atoms with Gasteiger partial charge in [0.2, 0.25) is 0 Å². The van der Waals surface area contributed by atoms with E-state index in [-0.39, 0.29) is 29.8 Å². The number of aromatic nitrogens is 2. The zero-order valence-corrected chi connectivity index (χ0v) is 12.0. The third-order valence-electron chi connectivity index (χ3n) is 3.12. The van der Waals surface area contributed by atoms with Gasteiger partial charge in [-0.05, 0) is 19.8 Å². The summed E-state index contributed by atoms with van der Waals surface area (Å²) in [7, 11) is -3.81. The first-order chi connectivity index (χ1) is 9.46. The normalized spacial score (nSPS) is 20.8. The molecular weight excluding hydrogens is 284 g/mol. The lowest BCUT2D eigenvalue weighted by Gasteiger charge is -2.29. The first-order valence-corrected chi connectivity index (χ1v) is 7.87. The summed E-state index contributed by atoms with van der Waals surface area (Å²) in [6, 6.07) is -0.188. The van der Waals surface area contributed by atoms with E-state index in [1.165, 1.54) is 4.31 Å². The minimum absolute atomic E-state index is 0.0778. The maximum Gasteiger partial charge on any atom is 0.342 e. The number of carbonyl (C=O) groups is 1. The molecule has 0 radical (unpaired) electrons. The van der Waals surface area contributed by atoms with E-state index in [9.17, 15) is 13.2 Å². The van der Waals surface area contributed by atoms with Gasteiger partial charge in [-0.25, -0.2) is 13.2 Å². The van der Waals surface area contributed by atoms with Gasteiger partial charge in [0.05, 0.1) is 12.8 Å². The van der Waals surface area contributed by atoms with Crippen molar-refractivity contribution in [3.63, 3.8) is 0 Å². The van der Waals surface area contributed by atoms with Crippen LogP contribution in [0, 0.1) is 0 Å². The smallest absolute Gasteiger partial charge is 0.342 e. The standard InChI is InChI=1S/C11H18N4O4S/c1-2-19-11(16)9-6-13-14-10(9)20(17,18)15-5-3-4-8(12)7-15/h6,8H,2-5,7,12H2,1H3,(H,13,14). The van der Waals surface area contributed by atoms with Crippen molar-refractivity contribution in [3.05, 3.63) is 11.8 Å². The Morgan fingerprint density at radius 1 is 1.65 bits per heavy atom. The average molecular weight is 302 g/mol. The highest BCUT2D eigenvalue weighted by Crippen LogP contribution is 2.21. The second-order valence-corrected chi connectivity index (χ2v) is 6.47. The fraction of sp³-hybridized carbons (Fsp3) is 0.636. The summed E-state index contributed by atoms with van der Waals surface area (Å²) in [5, 5.41) is 5.79. The summed E-state index contributed by atoms with van der Waals surface area (Å²) in [6.07, 6.45) is 2.65. The summed E-state index contributed by atoms with van der Waals surface area (Å²) < 4.78 is 31.1. The fourth-order valence-electron chi connectivity index (χ4n) is 2.15. The van der Waals surface area contributed by atoms with Crippen LogP contribution in [-0.2, 0) is 14.8 Å². The summed E-state index contributed by atoms with van der Waals surface area (Å²) in [4.78, 5) is 11.7. The van der Waals surface area contributed by atoms with E-state index in [0.29, 0.717) is 13.0 Å². The Labute approximate surface area is 117 Å². The fourth-order valence-corrected chi connectivity index (χ4v) is 3.74. The van der Waals surface area contributed by atoms with E-state index < -0.39 is 16.0 Å². The highest BCUT2D eigenvalue weighted by atomic mass is 32.2. The number of hydrogen-bond acceptors (Lipinski definition) is 6. The van der Waals surface area contributed by atoms with Crippen LogP contribution in [-0.4, -0.2) is 54.6 Å². The lowest BCUT2D eigenvalue weighted by molar-refractivity contribution is 0.0521. The molecule has 1 aromatic heterocycles. The number of nitrogens with zero attached hydrogens (tertiary/aromatic N) is 2. The van der Waals surface area contributed by atoms with E-state index in [1.54, 1.807) is 6.92 Å². The first kappa shape index (κ1) is 14.9. The Bertz CT molecular complexity index is 583. The van der Waals surface area contributed by atoms with Gasteiger partial charge < -0.3 is 10.5 Å². The topological polar surface area (TPSA) is 118 Å². The Balaban J connectivity index is 2.30. The van der Waals surface area contributed by atoms with Gasteiger partial charge in [0.15, 0.2) is 5.03 Å². The molecule has 8 nitrogen and oxygen atoms in total. The quantitative estimate of drug-likeness (QED) is 0.737. The number of aromatic amines is 1. The van der Waals surface area contributed by atoms with Crippen LogP contribution < -0.4 is 5.73 Å². The van der Waals surface area contributed by atoms with Gasteiger partial charge in [0, 0.05) is 19.1 Å². The van der Waals surface area contributed by atoms with Crippen molar-refractivity contribution in [2.75, 3.05) is 19.7 Å². The molecule has 2 rings (SSSR count). The van der Waals surface area contributed by atoms with Crippen molar-refractivity contribution in [1.82, 2.24) is 14.5 Å². The maximum atomic E-state index is 12.5. The molecular formula is C11H18N4O4S. The van der Waals surface area contributed by atoms with Crippen molar-refractivity contribution >= 4 is 16.0 Å². The lowest BCUT2D eigenvalue weighted by Crippen LogP contribution is -2.46. The van der Waals surface area contributed by atoms with Crippen LogP contribution in [0.1, 0.15) is 30.1 Å². The van der Waals surface area contributed by atoms with Crippen molar-refractivity contribution < 1.29 is 17.9 Å². The summed E-state index contributed by atoms with van der Waals surface area (Å²) in [5.74, 6) is -0.707. The van der Waals surface area contributed by atoms with Crippen LogP contribution in [0.15, 0.2) is 11.2 Å².